The van der Waals surface area contributed by atoms with Gasteiger partial charge in [0.1, 0.15) is 5.44 Å². The summed E-state index contributed by atoms with van der Waals surface area (Å²) in [5.74, 6) is 0.931. The molecule has 1 atom stereocenters. The average molecular weight is 194 g/mol. The number of thioether (sulfide) groups is 1. The number of hydrogen-bond acceptors (Lipinski definition) is 2. The van der Waals surface area contributed by atoms with Gasteiger partial charge in [0.05, 0.1) is 0 Å². The summed E-state index contributed by atoms with van der Waals surface area (Å²) in [6.07, 6.45) is 3.75. The molecule has 0 radical (unpaired) electrons. The minimum atomic E-state index is -0.384. The van der Waals surface area contributed by atoms with E-state index < -0.39 is 0 Å². The highest BCUT2D eigenvalue weighted by Crippen LogP contribution is 2.10. The van der Waals surface area contributed by atoms with Crippen molar-refractivity contribution in [1.82, 2.24) is 0 Å². The van der Waals surface area contributed by atoms with E-state index >= 15 is 0 Å². The van der Waals surface area contributed by atoms with Crippen molar-refractivity contribution in [1.29, 1.82) is 0 Å². The van der Waals surface area contributed by atoms with Crippen LogP contribution in [0.1, 0.15) is 12.5 Å². The van der Waals surface area contributed by atoms with Gasteiger partial charge in [-0.3, -0.25) is 0 Å². The zero-order valence-electron chi connectivity index (χ0n) is 7.68. The highest BCUT2D eigenvalue weighted by molar-refractivity contribution is 7.99. The second-order valence-corrected chi connectivity index (χ2v) is 4.01. The van der Waals surface area contributed by atoms with Crippen LogP contribution in [0.3, 0.4) is 0 Å². The van der Waals surface area contributed by atoms with Crippen LogP contribution in [-0.4, -0.2) is 16.3 Å². The van der Waals surface area contributed by atoms with Crippen LogP contribution < -0.4 is 0 Å². The van der Waals surface area contributed by atoms with Crippen LogP contribution in [0.5, 0.6) is 0 Å². The molecule has 0 amide bonds. The lowest BCUT2D eigenvalue weighted by atomic mass is 10.2. The summed E-state index contributed by atoms with van der Waals surface area (Å²) in [6, 6.07) is 9.98. The molecule has 1 N–H and O–H groups in total. The van der Waals surface area contributed by atoms with Crippen LogP contribution in [0.25, 0.3) is 6.08 Å². The Morgan fingerprint density at radius 3 is 2.69 bits per heavy atom. The Labute approximate surface area is 83.5 Å². The van der Waals surface area contributed by atoms with E-state index in [1.807, 2.05) is 49.4 Å². The van der Waals surface area contributed by atoms with Gasteiger partial charge >= 0.3 is 0 Å². The van der Waals surface area contributed by atoms with Gasteiger partial charge in [-0.1, -0.05) is 43.3 Å². The predicted molar refractivity (Wildman–Crippen MR) is 59.6 cm³/mol. The molecule has 0 fully saturated rings. The molecule has 0 saturated heterocycles. The van der Waals surface area contributed by atoms with Gasteiger partial charge in [0.25, 0.3) is 0 Å². The monoisotopic (exact) mass is 194 g/mol. The van der Waals surface area contributed by atoms with Gasteiger partial charge in [-0.25, -0.2) is 0 Å². The van der Waals surface area contributed by atoms with Crippen molar-refractivity contribution in [3.8, 4) is 0 Å². The number of aliphatic hydroxyl groups is 1. The molecule has 0 saturated carbocycles. The SMILES string of the molecule is CCSC(O)C=Cc1ccccc1. The Kier molecular flexibility index (Phi) is 4.65. The molecule has 0 bridgehead atoms. The van der Waals surface area contributed by atoms with Crippen molar-refractivity contribution in [2.75, 3.05) is 5.75 Å². The maximum absolute atomic E-state index is 9.39. The Morgan fingerprint density at radius 1 is 1.38 bits per heavy atom. The zero-order valence-corrected chi connectivity index (χ0v) is 8.50. The summed E-state index contributed by atoms with van der Waals surface area (Å²) in [5.41, 5.74) is 0.739. The first-order valence-electron chi connectivity index (χ1n) is 4.36. The number of aliphatic hydroxyl groups excluding tert-OH is 1. The highest BCUT2D eigenvalue weighted by atomic mass is 32.2. The van der Waals surface area contributed by atoms with Crippen molar-refractivity contribution in [2.24, 2.45) is 0 Å². The Hall–Kier alpha value is -0.730. The van der Waals surface area contributed by atoms with Crippen molar-refractivity contribution in [3.63, 3.8) is 0 Å². The number of rotatable bonds is 4. The quantitative estimate of drug-likeness (QED) is 0.744. The molecule has 0 spiro atoms. The molecule has 0 aliphatic rings. The standard InChI is InChI=1S/C11H14OS/c1-2-13-11(12)9-8-10-6-4-3-5-7-10/h3-9,11-12H,2H2,1H3. The molecule has 1 aromatic carbocycles. The van der Waals surface area contributed by atoms with Crippen molar-refractivity contribution in [2.45, 2.75) is 12.4 Å². The fourth-order valence-corrected chi connectivity index (χ4v) is 1.52. The Bertz CT molecular complexity index is 256. The first-order chi connectivity index (χ1) is 6.33. The van der Waals surface area contributed by atoms with E-state index in [9.17, 15) is 5.11 Å². The maximum atomic E-state index is 9.39. The molecule has 0 heterocycles. The van der Waals surface area contributed by atoms with Crippen molar-refractivity contribution >= 4 is 17.8 Å². The summed E-state index contributed by atoms with van der Waals surface area (Å²) in [4.78, 5) is 0. The molecule has 1 rings (SSSR count). The lowest BCUT2D eigenvalue weighted by molar-refractivity contribution is 0.311. The summed E-state index contributed by atoms with van der Waals surface area (Å²) >= 11 is 1.52. The second kappa shape index (κ2) is 5.84. The van der Waals surface area contributed by atoms with Gasteiger partial charge < -0.3 is 5.11 Å². The van der Waals surface area contributed by atoms with Crippen LogP contribution in [0.4, 0.5) is 0 Å². The Balaban J connectivity index is 2.49. The maximum Gasteiger partial charge on any atom is 0.118 e. The zero-order chi connectivity index (χ0) is 9.52. The molecule has 2 heteroatoms. The molecule has 0 aliphatic carbocycles. The third-order valence-electron chi connectivity index (χ3n) is 1.59. The molecule has 1 aromatic rings. The van der Waals surface area contributed by atoms with Crippen LogP contribution in [-0.2, 0) is 0 Å². The van der Waals surface area contributed by atoms with E-state index in [2.05, 4.69) is 0 Å². The largest absolute Gasteiger partial charge is 0.379 e. The van der Waals surface area contributed by atoms with Gasteiger partial charge in [0, 0.05) is 0 Å². The third-order valence-corrected chi connectivity index (χ3v) is 2.42. The predicted octanol–water partition coefficient (Wildman–Crippen LogP) is 2.77. The first kappa shape index (κ1) is 10.4. The van der Waals surface area contributed by atoms with Gasteiger partial charge in [0.2, 0.25) is 0 Å². The minimum Gasteiger partial charge on any atom is -0.379 e. The van der Waals surface area contributed by atoms with E-state index in [-0.39, 0.29) is 5.44 Å². The summed E-state index contributed by atoms with van der Waals surface area (Å²) in [7, 11) is 0. The van der Waals surface area contributed by atoms with E-state index in [0.717, 1.165) is 11.3 Å². The summed E-state index contributed by atoms with van der Waals surface area (Å²) in [6.45, 7) is 2.03. The lowest BCUT2D eigenvalue weighted by Gasteiger charge is -2.01. The normalized spacial score (nSPS) is 13.4. The van der Waals surface area contributed by atoms with Crippen molar-refractivity contribution < 1.29 is 5.11 Å². The van der Waals surface area contributed by atoms with Crippen LogP contribution in [0.15, 0.2) is 36.4 Å². The molecule has 70 valence electrons. The molecule has 1 unspecified atom stereocenters. The lowest BCUT2D eigenvalue weighted by Crippen LogP contribution is -1.94. The van der Waals surface area contributed by atoms with Gasteiger partial charge in [-0.15, -0.1) is 11.8 Å². The van der Waals surface area contributed by atoms with E-state index in [1.54, 1.807) is 0 Å². The fourth-order valence-electron chi connectivity index (χ4n) is 0.984. The molecule has 0 aliphatic heterocycles. The number of benzene rings is 1. The molecular weight excluding hydrogens is 180 g/mol. The molecule has 1 nitrogen and oxygen atoms in total. The van der Waals surface area contributed by atoms with Gasteiger partial charge in [-0.05, 0) is 17.4 Å². The Morgan fingerprint density at radius 2 is 2.08 bits per heavy atom. The van der Waals surface area contributed by atoms with Gasteiger partial charge in [-0.2, -0.15) is 0 Å². The van der Waals surface area contributed by atoms with E-state index in [1.165, 1.54) is 11.8 Å². The minimum absolute atomic E-state index is 0.384. The average Bonchev–Trinajstić information content (AvgIpc) is 2.17. The fraction of sp³-hybridized carbons (Fsp3) is 0.273. The molecule has 13 heavy (non-hydrogen) atoms. The van der Waals surface area contributed by atoms with E-state index in [0.29, 0.717) is 0 Å². The smallest absolute Gasteiger partial charge is 0.118 e. The summed E-state index contributed by atoms with van der Waals surface area (Å²) < 4.78 is 0. The number of hydrogen-bond donors (Lipinski definition) is 1. The van der Waals surface area contributed by atoms with Crippen LogP contribution in [0.2, 0.25) is 0 Å². The van der Waals surface area contributed by atoms with Crippen LogP contribution in [0, 0.1) is 0 Å². The van der Waals surface area contributed by atoms with Crippen molar-refractivity contribution in [3.05, 3.63) is 42.0 Å². The second-order valence-electron chi connectivity index (χ2n) is 2.62. The first-order valence-corrected chi connectivity index (χ1v) is 5.40. The third kappa shape index (κ3) is 4.15. The summed E-state index contributed by atoms with van der Waals surface area (Å²) in [5, 5.41) is 9.39. The van der Waals surface area contributed by atoms with Gasteiger partial charge in [0.15, 0.2) is 0 Å². The molecule has 0 aromatic heterocycles. The van der Waals surface area contributed by atoms with E-state index in [4.69, 9.17) is 0 Å². The molecular formula is C11H14OS. The van der Waals surface area contributed by atoms with Crippen LogP contribution >= 0.6 is 11.8 Å². The highest BCUT2D eigenvalue weighted by Gasteiger charge is 1.95. The topological polar surface area (TPSA) is 20.2 Å².